The van der Waals surface area contributed by atoms with Crippen LogP contribution < -0.4 is 5.19 Å². The Morgan fingerprint density at radius 1 is 0.684 bits per heavy atom. The number of furan rings is 1. The largest absolute Gasteiger partial charge is 0.501 e. The van der Waals surface area contributed by atoms with Gasteiger partial charge in [0, 0.05) is 37.9 Å². The van der Waals surface area contributed by atoms with Gasteiger partial charge < -0.3 is 14.4 Å². The summed E-state index contributed by atoms with van der Waals surface area (Å²) in [5.74, 6) is 1.13. The van der Waals surface area contributed by atoms with Gasteiger partial charge in [-0.1, -0.05) is 153 Å². The molecule has 0 aliphatic rings. The maximum absolute atomic E-state index is 6.54. The Morgan fingerprint density at radius 3 is 1.98 bits per heavy atom. The minimum Gasteiger partial charge on any atom is -0.501 e. The molecule has 57 heavy (non-hydrogen) atoms. The summed E-state index contributed by atoms with van der Waals surface area (Å²) in [7, 11) is -1.34. The standard InChI is InChI=1S/C35H38NO.C17H22NSi.Ir/c1-22(2)16-23-14-15-36-31(17-23)30-11-9-10-29-28-13-12-24(20-32(28)37-33(29)30)25-18-26(34(3,4)5)21-27(19-25)35(6,7)8;1-13(2)15-11-16(14-9-7-6-8-10-14)18-12-17(15)19(3,4)5;/h9-10,12-15,17-22H,16H2,1-8H3;6-9,11-13H,1-5H3;/q2*-1;. The van der Waals surface area contributed by atoms with Crippen LogP contribution in [-0.2, 0) is 37.4 Å². The molecule has 0 aliphatic heterocycles. The summed E-state index contributed by atoms with van der Waals surface area (Å²) in [6.07, 6.45) is 5.02. The van der Waals surface area contributed by atoms with Gasteiger partial charge in [-0.05, 0) is 80.0 Å². The van der Waals surface area contributed by atoms with Crippen molar-refractivity contribution in [2.24, 2.45) is 5.92 Å². The van der Waals surface area contributed by atoms with Gasteiger partial charge in [-0.2, -0.15) is 0 Å². The van der Waals surface area contributed by atoms with E-state index in [1.807, 2.05) is 30.5 Å². The average molecular weight is 949 g/mol. The molecule has 7 aromatic rings. The number of hydrogen-bond donors (Lipinski definition) is 0. The summed E-state index contributed by atoms with van der Waals surface area (Å²) >= 11 is 0. The van der Waals surface area contributed by atoms with Crippen molar-refractivity contribution in [3.05, 3.63) is 138 Å². The van der Waals surface area contributed by atoms with Crippen LogP contribution in [-0.4, -0.2) is 18.0 Å². The molecule has 0 atom stereocenters. The summed E-state index contributed by atoms with van der Waals surface area (Å²) in [5, 5.41) is 3.70. The predicted octanol–water partition coefficient (Wildman–Crippen LogP) is 14.1. The van der Waals surface area contributed by atoms with E-state index < -0.39 is 8.07 Å². The molecule has 0 spiro atoms. The number of benzene rings is 4. The van der Waals surface area contributed by atoms with Gasteiger partial charge in [0.1, 0.15) is 5.58 Å². The Morgan fingerprint density at radius 2 is 1.39 bits per heavy atom. The fourth-order valence-corrected chi connectivity index (χ4v) is 8.94. The van der Waals surface area contributed by atoms with E-state index in [0.29, 0.717) is 11.8 Å². The van der Waals surface area contributed by atoms with Crippen LogP contribution in [0.25, 0.3) is 55.6 Å². The first kappa shape index (κ1) is 44.0. The van der Waals surface area contributed by atoms with E-state index in [0.717, 1.165) is 50.9 Å². The van der Waals surface area contributed by atoms with Crippen LogP contribution in [0.1, 0.15) is 97.4 Å². The summed E-state index contributed by atoms with van der Waals surface area (Å²) in [6, 6.07) is 39.0. The number of fused-ring (bicyclic) bond motifs is 3. The Labute approximate surface area is 357 Å². The molecule has 3 heterocycles. The smallest absolute Gasteiger partial charge is 0.121 e. The number of aromatic nitrogens is 2. The van der Waals surface area contributed by atoms with Crippen molar-refractivity contribution in [3.8, 4) is 33.6 Å². The number of rotatable bonds is 7. The molecule has 0 bridgehead atoms. The van der Waals surface area contributed by atoms with Crippen molar-refractivity contribution in [1.82, 2.24) is 9.97 Å². The zero-order chi connectivity index (χ0) is 40.6. The van der Waals surface area contributed by atoms with E-state index >= 15 is 0 Å². The van der Waals surface area contributed by atoms with Gasteiger partial charge in [-0.15, -0.1) is 54.1 Å². The summed E-state index contributed by atoms with van der Waals surface area (Å²) in [5.41, 5.74) is 13.7. The summed E-state index contributed by atoms with van der Waals surface area (Å²) < 4.78 is 6.54. The molecule has 0 aliphatic carbocycles. The Kier molecular flexibility index (Phi) is 13.4. The molecule has 0 amide bonds. The van der Waals surface area contributed by atoms with E-state index in [1.54, 1.807) is 0 Å². The van der Waals surface area contributed by atoms with Crippen LogP contribution in [0.3, 0.4) is 0 Å². The van der Waals surface area contributed by atoms with Crippen molar-refractivity contribution >= 4 is 35.2 Å². The van der Waals surface area contributed by atoms with Crippen molar-refractivity contribution in [1.29, 1.82) is 0 Å². The van der Waals surface area contributed by atoms with Crippen LogP contribution in [0.15, 0.2) is 108 Å². The van der Waals surface area contributed by atoms with Crippen LogP contribution >= 0.6 is 0 Å². The van der Waals surface area contributed by atoms with Gasteiger partial charge in [0.05, 0.1) is 13.7 Å². The molecule has 299 valence electrons. The van der Waals surface area contributed by atoms with Crippen LogP contribution in [0, 0.1) is 18.1 Å². The van der Waals surface area contributed by atoms with Crippen molar-refractivity contribution in [2.75, 3.05) is 0 Å². The number of nitrogens with zero attached hydrogens (tertiary/aromatic N) is 2. The van der Waals surface area contributed by atoms with E-state index in [1.165, 1.54) is 38.6 Å². The summed E-state index contributed by atoms with van der Waals surface area (Å²) in [4.78, 5) is 9.34. The molecule has 4 aromatic carbocycles. The van der Waals surface area contributed by atoms with Gasteiger partial charge in [0.15, 0.2) is 0 Å². The van der Waals surface area contributed by atoms with Crippen molar-refractivity contribution in [2.45, 2.75) is 112 Å². The second-order valence-electron chi connectivity index (χ2n) is 19.2. The molecule has 1 radical (unpaired) electrons. The molecule has 3 nitrogen and oxygen atoms in total. The third kappa shape index (κ3) is 10.3. The minimum atomic E-state index is -1.34. The Balaban J connectivity index is 0.000000262. The van der Waals surface area contributed by atoms with E-state index in [2.05, 4.69) is 184 Å². The Hall–Kier alpha value is -4.15. The maximum Gasteiger partial charge on any atom is 0.121 e. The molecule has 7 rings (SSSR count). The van der Waals surface area contributed by atoms with E-state index in [-0.39, 0.29) is 30.9 Å². The molecule has 0 unspecified atom stereocenters. The summed E-state index contributed by atoms with van der Waals surface area (Å²) in [6.45, 7) is 29.8. The first-order valence-corrected chi connectivity index (χ1v) is 23.8. The maximum atomic E-state index is 6.54. The van der Waals surface area contributed by atoms with Crippen LogP contribution in [0.4, 0.5) is 0 Å². The fraction of sp³-hybridized carbons (Fsp3) is 0.346. The molecule has 5 heteroatoms. The van der Waals surface area contributed by atoms with Gasteiger partial charge in [0.25, 0.3) is 0 Å². The molecule has 0 saturated carbocycles. The van der Waals surface area contributed by atoms with Crippen LogP contribution in [0.5, 0.6) is 0 Å². The number of hydrogen-bond acceptors (Lipinski definition) is 3. The van der Waals surface area contributed by atoms with E-state index in [4.69, 9.17) is 4.42 Å². The van der Waals surface area contributed by atoms with Gasteiger partial charge in [0.2, 0.25) is 0 Å². The molecule has 0 fully saturated rings. The monoisotopic (exact) mass is 949 g/mol. The second-order valence-corrected chi connectivity index (χ2v) is 24.2. The quantitative estimate of drug-likeness (QED) is 0.118. The predicted molar refractivity (Wildman–Crippen MR) is 243 cm³/mol. The average Bonchev–Trinajstić information content (AvgIpc) is 3.52. The fourth-order valence-electron chi connectivity index (χ4n) is 7.26. The molecular formula is C52H60IrN2OSi-2. The van der Waals surface area contributed by atoms with Crippen molar-refractivity contribution < 1.29 is 24.5 Å². The second kappa shape index (κ2) is 17.4. The van der Waals surface area contributed by atoms with Crippen LogP contribution in [0.2, 0.25) is 19.6 Å². The molecule has 0 saturated heterocycles. The van der Waals surface area contributed by atoms with E-state index in [9.17, 15) is 0 Å². The molecule has 0 N–H and O–H groups in total. The first-order valence-electron chi connectivity index (χ1n) is 20.3. The molecule has 3 aromatic heterocycles. The van der Waals surface area contributed by atoms with Gasteiger partial charge >= 0.3 is 0 Å². The van der Waals surface area contributed by atoms with Gasteiger partial charge in [-0.3, -0.25) is 0 Å². The topological polar surface area (TPSA) is 38.9 Å². The normalized spacial score (nSPS) is 12.2. The minimum absolute atomic E-state index is 0. The number of pyridine rings is 2. The zero-order valence-electron chi connectivity index (χ0n) is 36.3. The molecular weight excluding hydrogens is 889 g/mol. The zero-order valence-corrected chi connectivity index (χ0v) is 39.7. The van der Waals surface area contributed by atoms with Crippen molar-refractivity contribution in [3.63, 3.8) is 0 Å². The first-order chi connectivity index (χ1) is 26.3. The van der Waals surface area contributed by atoms with Gasteiger partial charge in [-0.25, -0.2) is 0 Å². The Bertz CT molecular complexity index is 2430. The third-order valence-electron chi connectivity index (χ3n) is 10.5. The SMILES string of the molecule is CC(C)Cc1ccnc(-c2[c-]ccc3c2oc2cc(-c4cc(C(C)(C)C)cc(C(C)(C)C)c4)ccc23)c1.CC(C)c1cc(-c2[c-]cccc2)ncc1[Si](C)(C)C.[Ir]. The third-order valence-corrected chi connectivity index (χ3v) is 12.5.